The number of aryl methyl sites for hydroxylation is 1. The highest BCUT2D eigenvalue weighted by Gasteiger charge is 2.27. The van der Waals surface area contributed by atoms with E-state index in [0.29, 0.717) is 17.6 Å². The predicted molar refractivity (Wildman–Crippen MR) is 116 cm³/mol. The molecule has 6 heteroatoms. The molecule has 2 aliphatic rings. The molecule has 0 amide bonds. The highest BCUT2D eigenvalue weighted by Crippen LogP contribution is 2.28. The van der Waals surface area contributed by atoms with Gasteiger partial charge in [-0.15, -0.1) is 0 Å². The van der Waals surface area contributed by atoms with E-state index in [4.69, 9.17) is 15.2 Å². The zero-order valence-electron chi connectivity index (χ0n) is 17.2. The number of nitrogens with one attached hydrogen (secondary N) is 2. The largest absolute Gasteiger partial charge is 0.355 e. The first-order valence-electron chi connectivity index (χ1n) is 10.9. The molecule has 0 spiro atoms. The van der Waals surface area contributed by atoms with Gasteiger partial charge >= 0.3 is 0 Å². The predicted octanol–water partition coefficient (Wildman–Crippen LogP) is 4.01. The molecule has 1 aliphatic heterocycles. The fraction of sp³-hybridized carbons (Fsp3) is 0.522. The van der Waals surface area contributed by atoms with Gasteiger partial charge in [0, 0.05) is 36.6 Å². The minimum atomic E-state index is 0.549. The number of anilines is 3. The van der Waals surface area contributed by atoms with Crippen molar-refractivity contribution in [3.63, 3.8) is 0 Å². The number of benzene rings is 1. The van der Waals surface area contributed by atoms with E-state index in [0.717, 1.165) is 68.4 Å². The number of rotatable bonds is 9. The van der Waals surface area contributed by atoms with Crippen molar-refractivity contribution in [3.8, 4) is 6.07 Å². The lowest BCUT2D eigenvalue weighted by molar-refractivity contribution is 0.530. The molecule has 1 saturated heterocycles. The summed E-state index contributed by atoms with van der Waals surface area (Å²) in [7, 11) is 0. The van der Waals surface area contributed by atoms with E-state index in [1.807, 2.05) is 18.2 Å². The molecule has 0 bridgehead atoms. The summed E-state index contributed by atoms with van der Waals surface area (Å²) >= 11 is 0. The monoisotopic (exact) mass is 390 g/mol. The Kier molecular flexibility index (Phi) is 6.26. The smallest absolute Gasteiger partial charge is 0.229 e. The van der Waals surface area contributed by atoms with E-state index in [1.165, 1.54) is 12.8 Å². The Balaban J connectivity index is 1.49. The van der Waals surface area contributed by atoms with Crippen LogP contribution in [0.15, 0.2) is 30.3 Å². The van der Waals surface area contributed by atoms with Crippen LogP contribution in [0.2, 0.25) is 0 Å². The number of aromatic nitrogens is 2. The van der Waals surface area contributed by atoms with Crippen molar-refractivity contribution >= 4 is 17.5 Å². The molecule has 2 fully saturated rings. The topological polar surface area (TPSA) is 76.9 Å². The second kappa shape index (κ2) is 9.23. The molecule has 1 atom stereocenters. The number of hydrogen-bond donors (Lipinski definition) is 2. The van der Waals surface area contributed by atoms with Crippen molar-refractivity contribution in [2.75, 3.05) is 29.9 Å². The van der Waals surface area contributed by atoms with Crippen LogP contribution in [-0.2, 0) is 6.42 Å². The summed E-state index contributed by atoms with van der Waals surface area (Å²) < 4.78 is 0. The Hall–Kier alpha value is -2.65. The summed E-state index contributed by atoms with van der Waals surface area (Å²) in [5, 5.41) is 16.2. The zero-order chi connectivity index (χ0) is 20.1. The Morgan fingerprint density at radius 1 is 1.21 bits per heavy atom. The van der Waals surface area contributed by atoms with Crippen LogP contribution in [0.4, 0.5) is 17.5 Å². The first-order valence-corrected chi connectivity index (χ1v) is 10.9. The summed E-state index contributed by atoms with van der Waals surface area (Å²) in [5.41, 5.74) is 2.54. The third-order valence-electron chi connectivity index (χ3n) is 5.70. The van der Waals surface area contributed by atoms with Crippen LogP contribution in [-0.4, -0.2) is 35.6 Å². The van der Waals surface area contributed by atoms with Crippen LogP contribution >= 0.6 is 0 Å². The summed E-state index contributed by atoms with van der Waals surface area (Å²) in [6.45, 7) is 5.38. The fourth-order valence-corrected chi connectivity index (χ4v) is 3.77. The van der Waals surface area contributed by atoms with E-state index in [-0.39, 0.29) is 0 Å². The Morgan fingerprint density at radius 2 is 2.10 bits per heavy atom. The molecule has 4 rings (SSSR count). The standard InChI is InChI=1S/C23H30N6/c1-2-3-6-20-13-22(29-11-10-21(16-29)25-15-17-8-9-17)28-23(27-20)26-19-7-4-5-18(12-19)14-24/h4-5,7,12-13,17,21,25H,2-3,6,8-11,15-16H2,1H3,(H,26,27,28). The van der Waals surface area contributed by atoms with Gasteiger partial charge in [0.15, 0.2) is 0 Å². The van der Waals surface area contributed by atoms with Crippen molar-refractivity contribution < 1.29 is 0 Å². The maximum atomic E-state index is 9.14. The van der Waals surface area contributed by atoms with Gasteiger partial charge in [0.1, 0.15) is 5.82 Å². The average Bonchev–Trinajstić information content (AvgIpc) is 3.46. The Morgan fingerprint density at radius 3 is 2.90 bits per heavy atom. The van der Waals surface area contributed by atoms with Crippen LogP contribution < -0.4 is 15.5 Å². The zero-order valence-corrected chi connectivity index (χ0v) is 17.2. The molecule has 1 saturated carbocycles. The number of hydrogen-bond acceptors (Lipinski definition) is 6. The molecule has 1 aromatic heterocycles. The molecule has 2 N–H and O–H groups in total. The minimum Gasteiger partial charge on any atom is -0.355 e. The lowest BCUT2D eigenvalue weighted by Gasteiger charge is -2.20. The van der Waals surface area contributed by atoms with E-state index in [1.54, 1.807) is 6.07 Å². The maximum absolute atomic E-state index is 9.14. The summed E-state index contributed by atoms with van der Waals surface area (Å²) in [6.07, 6.45) is 7.15. The summed E-state index contributed by atoms with van der Waals surface area (Å²) in [4.78, 5) is 11.9. The van der Waals surface area contributed by atoms with Gasteiger partial charge in [-0.05, 0) is 62.8 Å². The Labute approximate surface area is 173 Å². The molecule has 0 radical (unpaired) electrons. The second-order valence-corrected chi connectivity index (χ2v) is 8.25. The molecule has 152 valence electrons. The molecule has 1 unspecified atom stereocenters. The minimum absolute atomic E-state index is 0.549. The highest BCUT2D eigenvalue weighted by atomic mass is 15.3. The van der Waals surface area contributed by atoms with Gasteiger partial charge < -0.3 is 15.5 Å². The van der Waals surface area contributed by atoms with Crippen molar-refractivity contribution in [2.45, 2.75) is 51.5 Å². The average molecular weight is 391 g/mol. The lowest BCUT2D eigenvalue weighted by Crippen LogP contribution is -2.34. The summed E-state index contributed by atoms with van der Waals surface area (Å²) in [6, 6.07) is 12.3. The van der Waals surface area contributed by atoms with E-state index in [9.17, 15) is 0 Å². The van der Waals surface area contributed by atoms with E-state index < -0.39 is 0 Å². The molecule has 2 aromatic rings. The first kappa shape index (κ1) is 19.7. The van der Waals surface area contributed by atoms with Crippen LogP contribution in [0.5, 0.6) is 0 Å². The molecule has 1 aliphatic carbocycles. The van der Waals surface area contributed by atoms with Gasteiger partial charge in [-0.25, -0.2) is 4.98 Å². The molecule has 2 heterocycles. The highest BCUT2D eigenvalue weighted by molar-refractivity contribution is 5.58. The number of nitrogens with zero attached hydrogens (tertiary/aromatic N) is 4. The summed E-state index contributed by atoms with van der Waals surface area (Å²) in [5.74, 6) is 2.52. The van der Waals surface area contributed by atoms with Crippen molar-refractivity contribution in [1.82, 2.24) is 15.3 Å². The van der Waals surface area contributed by atoms with Crippen LogP contribution in [0.1, 0.15) is 50.3 Å². The van der Waals surface area contributed by atoms with Crippen molar-refractivity contribution in [1.29, 1.82) is 5.26 Å². The molecule has 29 heavy (non-hydrogen) atoms. The van der Waals surface area contributed by atoms with Gasteiger partial charge in [-0.3, -0.25) is 0 Å². The van der Waals surface area contributed by atoms with Gasteiger partial charge in [-0.2, -0.15) is 10.2 Å². The van der Waals surface area contributed by atoms with Gasteiger partial charge in [0.2, 0.25) is 5.95 Å². The van der Waals surface area contributed by atoms with Crippen molar-refractivity contribution in [3.05, 3.63) is 41.6 Å². The van der Waals surface area contributed by atoms with E-state index in [2.05, 4.69) is 34.6 Å². The van der Waals surface area contributed by atoms with E-state index >= 15 is 0 Å². The third kappa shape index (κ3) is 5.45. The maximum Gasteiger partial charge on any atom is 0.229 e. The Bertz CT molecular complexity index is 870. The number of unbranched alkanes of at least 4 members (excludes halogenated alkanes) is 1. The molecular weight excluding hydrogens is 360 g/mol. The SMILES string of the molecule is CCCCc1cc(N2CCC(NCC3CC3)C2)nc(Nc2cccc(C#N)c2)n1. The van der Waals surface area contributed by atoms with Crippen LogP contribution in [0.25, 0.3) is 0 Å². The molecule has 6 nitrogen and oxygen atoms in total. The fourth-order valence-electron chi connectivity index (χ4n) is 3.77. The first-order chi connectivity index (χ1) is 14.2. The molecular formula is C23H30N6. The number of nitriles is 1. The lowest BCUT2D eigenvalue weighted by atomic mass is 10.2. The van der Waals surface area contributed by atoms with Crippen molar-refractivity contribution in [2.24, 2.45) is 5.92 Å². The van der Waals surface area contributed by atoms with Crippen LogP contribution in [0, 0.1) is 17.2 Å². The van der Waals surface area contributed by atoms with Gasteiger partial charge in [0.25, 0.3) is 0 Å². The third-order valence-corrected chi connectivity index (χ3v) is 5.70. The van der Waals surface area contributed by atoms with Gasteiger partial charge in [-0.1, -0.05) is 19.4 Å². The van der Waals surface area contributed by atoms with Gasteiger partial charge in [0.05, 0.1) is 11.6 Å². The quantitative estimate of drug-likeness (QED) is 0.674. The second-order valence-electron chi connectivity index (χ2n) is 8.25. The normalized spacial score (nSPS) is 18.6. The molecule has 1 aromatic carbocycles. The van der Waals surface area contributed by atoms with Crippen LogP contribution in [0.3, 0.4) is 0 Å².